The van der Waals surface area contributed by atoms with Gasteiger partial charge in [0, 0.05) is 6.07 Å². The summed E-state index contributed by atoms with van der Waals surface area (Å²) in [5.41, 5.74) is 0.623. The number of benzene rings is 1. The van der Waals surface area contributed by atoms with E-state index in [0.29, 0.717) is 5.69 Å². The fourth-order valence-corrected chi connectivity index (χ4v) is 1.22. The fraction of sp³-hybridized carbons (Fsp3) is 0. The first-order valence-electron chi connectivity index (χ1n) is 4.37. The van der Waals surface area contributed by atoms with Gasteiger partial charge in [-0.25, -0.2) is 0 Å². The molecule has 4 heteroatoms. The molecule has 0 atom stereocenters. The summed E-state index contributed by atoms with van der Waals surface area (Å²) in [6.45, 7) is 0. The van der Waals surface area contributed by atoms with Gasteiger partial charge in [-0.05, 0) is 18.2 Å². The molecule has 72 valence electrons. The average Bonchev–Trinajstić information content (AvgIpc) is 2.31. The molecule has 1 aromatic heterocycles. The molecule has 0 aliphatic rings. The van der Waals surface area contributed by atoms with Crippen molar-refractivity contribution >= 4 is 0 Å². The Bertz CT molecular complexity index is 566. The monoisotopic (exact) mass is 197 g/mol. The van der Waals surface area contributed by atoms with Crippen LogP contribution in [0.3, 0.4) is 0 Å². The largest absolute Gasteiger partial charge is 0.271 e. The van der Waals surface area contributed by atoms with Gasteiger partial charge >= 0.3 is 0 Å². The lowest BCUT2D eigenvalue weighted by Crippen LogP contribution is -2.20. The molecule has 0 unspecified atom stereocenters. The third-order valence-electron chi connectivity index (χ3n) is 1.92. The van der Waals surface area contributed by atoms with Crippen molar-refractivity contribution in [3.8, 4) is 11.8 Å². The van der Waals surface area contributed by atoms with Gasteiger partial charge < -0.3 is 0 Å². The predicted molar refractivity (Wildman–Crippen MR) is 54.5 cm³/mol. The molecule has 1 aromatic carbocycles. The Morgan fingerprint density at radius 1 is 1.13 bits per heavy atom. The second kappa shape index (κ2) is 3.76. The van der Waals surface area contributed by atoms with Crippen molar-refractivity contribution in [3.63, 3.8) is 0 Å². The molecule has 0 amide bonds. The molecular weight excluding hydrogens is 190 g/mol. The lowest BCUT2D eigenvalue weighted by molar-refractivity contribution is 0.798. The Kier molecular flexibility index (Phi) is 2.30. The van der Waals surface area contributed by atoms with Crippen LogP contribution in [-0.2, 0) is 0 Å². The minimum Gasteiger partial charge on any atom is -0.267 e. The maximum Gasteiger partial charge on any atom is 0.271 e. The van der Waals surface area contributed by atoms with Crippen molar-refractivity contribution in [3.05, 3.63) is 58.5 Å². The summed E-state index contributed by atoms with van der Waals surface area (Å²) in [5.74, 6) is 0. The van der Waals surface area contributed by atoms with E-state index in [0.717, 1.165) is 0 Å². The quantitative estimate of drug-likeness (QED) is 0.687. The normalized spacial score (nSPS) is 9.53. The van der Waals surface area contributed by atoms with Crippen LogP contribution in [0.15, 0.2) is 47.3 Å². The summed E-state index contributed by atoms with van der Waals surface area (Å²) in [7, 11) is 0. The lowest BCUT2D eigenvalue weighted by atomic mass is 10.3. The van der Waals surface area contributed by atoms with E-state index in [2.05, 4.69) is 5.10 Å². The van der Waals surface area contributed by atoms with Gasteiger partial charge in [-0.3, -0.25) is 4.79 Å². The third-order valence-corrected chi connectivity index (χ3v) is 1.92. The van der Waals surface area contributed by atoms with Crippen molar-refractivity contribution in [1.29, 1.82) is 5.26 Å². The van der Waals surface area contributed by atoms with E-state index < -0.39 is 0 Å². The van der Waals surface area contributed by atoms with Crippen molar-refractivity contribution < 1.29 is 0 Å². The smallest absolute Gasteiger partial charge is 0.267 e. The first-order chi connectivity index (χ1) is 7.31. The molecule has 15 heavy (non-hydrogen) atoms. The van der Waals surface area contributed by atoms with Crippen LogP contribution >= 0.6 is 0 Å². The van der Waals surface area contributed by atoms with Crippen LogP contribution in [0, 0.1) is 11.3 Å². The van der Waals surface area contributed by atoms with Gasteiger partial charge in [0.1, 0.15) is 6.07 Å². The van der Waals surface area contributed by atoms with Crippen LogP contribution in [0.25, 0.3) is 5.69 Å². The molecule has 0 bridgehead atoms. The van der Waals surface area contributed by atoms with Gasteiger partial charge in [0.15, 0.2) is 5.69 Å². The first-order valence-corrected chi connectivity index (χ1v) is 4.37. The standard InChI is InChI=1S/C11H7N3O/c12-8-9-6-7-11(15)14(13-9)10-4-2-1-3-5-10/h1-7H. The van der Waals surface area contributed by atoms with E-state index in [1.165, 1.54) is 16.8 Å². The zero-order chi connectivity index (χ0) is 10.7. The first kappa shape index (κ1) is 9.16. The zero-order valence-electron chi connectivity index (χ0n) is 7.79. The highest BCUT2D eigenvalue weighted by Crippen LogP contribution is 2.01. The second-order valence-electron chi connectivity index (χ2n) is 2.92. The van der Waals surface area contributed by atoms with Gasteiger partial charge in [-0.1, -0.05) is 18.2 Å². The molecule has 4 nitrogen and oxygen atoms in total. The number of para-hydroxylation sites is 1. The Morgan fingerprint density at radius 3 is 2.53 bits per heavy atom. The van der Waals surface area contributed by atoms with Crippen LogP contribution < -0.4 is 5.56 Å². The van der Waals surface area contributed by atoms with E-state index in [1.807, 2.05) is 24.3 Å². The molecule has 0 fully saturated rings. The topological polar surface area (TPSA) is 58.7 Å². The average molecular weight is 197 g/mol. The van der Waals surface area contributed by atoms with Gasteiger partial charge in [0.25, 0.3) is 5.56 Å². The third kappa shape index (κ3) is 1.76. The maximum atomic E-state index is 11.5. The lowest BCUT2D eigenvalue weighted by Gasteiger charge is -2.02. The highest BCUT2D eigenvalue weighted by molar-refractivity contribution is 5.31. The zero-order valence-corrected chi connectivity index (χ0v) is 7.79. The summed E-state index contributed by atoms with van der Waals surface area (Å²) in [6, 6.07) is 13.6. The maximum absolute atomic E-state index is 11.5. The molecular formula is C11H7N3O. The summed E-state index contributed by atoms with van der Waals surface area (Å²) < 4.78 is 1.21. The van der Waals surface area contributed by atoms with Crippen LogP contribution in [-0.4, -0.2) is 9.78 Å². The minimum absolute atomic E-state index is 0.221. The van der Waals surface area contributed by atoms with Gasteiger partial charge in [-0.15, -0.1) is 0 Å². The summed E-state index contributed by atoms with van der Waals surface area (Å²) in [6.07, 6.45) is 0. The van der Waals surface area contributed by atoms with Gasteiger partial charge in [-0.2, -0.15) is 15.0 Å². The Hall–Kier alpha value is -2.41. The Morgan fingerprint density at radius 2 is 1.87 bits per heavy atom. The Balaban J connectivity index is 2.64. The number of hydrogen-bond acceptors (Lipinski definition) is 3. The van der Waals surface area contributed by atoms with Crippen LogP contribution in [0.1, 0.15) is 5.69 Å². The molecule has 0 aliphatic carbocycles. The molecule has 0 N–H and O–H groups in total. The highest BCUT2D eigenvalue weighted by atomic mass is 16.1. The Labute approximate surface area is 86.0 Å². The fourth-order valence-electron chi connectivity index (χ4n) is 1.22. The van der Waals surface area contributed by atoms with Crippen molar-refractivity contribution in [2.24, 2.45) is 0 Å². The van der Waals surface area contributed by atoms with Crippen LogP contribution in [0.2, 0.25) is 0 Å². The molecule has 0 saturated heterocycles. The predicted octanol–water partition coefficient (Wildman–Crippen LogP) is 1.10. The number of hydrogen-bond donors (Lipinski definition) is 0. The van der Waals surface area contributed by atoms with Crippen molar-refractivity contribution in [2.45, 2.75) is 0 Å². The van der Waals surface area contributed by atoms with E-state index in [-0.39, 0.29) is 11.3 Å². The van der Waals surface area contributed by atoms with Crippen LogP contribution in [0.5, 0.6) is 0 Å². The SMILES string of the molecule is N#Cc1ccc(=O)n(-c2ccccc2)n1. The van der Waals surface area contributed by atoms with E-state index in [9.17, 15) is 4.79 Å². The van der Waals surface area contributed by atoms with Gasteiger partial charge in [0.2, 0.25) is 0 Å². The van der Waals surface area contributed by atoms with E-state index >= 15 is 0 Å². The van der Waals surface area contributed by atoms with Crippen molar-refractivity contribution in [2.75, 3.05) is 0 Å². The molecule has 1 heterocycles. The molecule has 0 aliphatic heterocycles. The summed E-state index contributed by atoms with van der Waals surface area (Å²) >= 11 is 0. The number of nitrogens with zero attached hydrogens (tertiary/aromatic N) is 3. The molecule has 2 rings (SSSR count). The molecule has 0 saturated carbocycles. The summed E-state index contributed by atoms with van der Waals surface area (Å²) in [4.78, 5) is 11.5. The number of nitriles is 1. The van der Waals surface area contributed by atoms with Crippen molar-refractivity contribution in [1.82, 2.24) is 9.78 Å². The molecule has 0 spiro atoms. The van der Waals surface area contributed by atoms with E-state index in [1.54, 1.807) is 12.1 Å². The highest BCUT2D eigenvalue weighted by Gasteiger charge is 2.01. The van der Waals surface area contributed by atoms with Gasteiger partial charge in [0.05, 0.1) is 5.69 Å². The minimum atomic E-state index is -0.250. The van der Waals surface area contributed by atoms with Crippen LogP contribution in [0.4, 0.5) is 0 Å². The molecule has 2 aromatic rings. The second-order valence-corrected chi connectivity index (χ2v) is 2.92. The number of rotatable bonds is 1. The number of aromatic nitrogens is 2. The molecule has 0 radical (unpaired) electrons. The summed E-state index contributed by atoms with van der Waals surface area (Å²) in [5, 5.41) is 12.6. The van der Waals surface area contributed by atoms with E-state index in [4.69, 9.17) is 5.26 Å².